The first kappa shape index (κ1) is 16.6. The molecule has 3 heterocycles. The van der Waals surface area contributed by atoms with E-state index < -0.39 is 0 Å². The fraction of sp³-hybridized carbons (Fsp3) is 0.333. The number of rotatable bonds is 4. The summed E-state index contributed by atoms with van der Waals surface area (Å²) >= 11 is 7.78. The van der Waals surface area contributed by atoms with Gasteiger partial charge in [-0.05, 0) is 48.7 Å². The number of thioether (sulfide) groups is 1. The van der Waals surface area contributed by atoms with Crippen LogP contribution >= 0.6 is 24.0 Å². The second-order valence-electron chi connectivity index (χ2n) is 5.98. The Kier molecular flexibility index (Phi) is 5.05. The van der Waals surface area contributed by atoms with Crippen molar-refractivity contribution in [3.63, 3.8) is 0 Å². The summed E-state index contributed by atoms with van der Waals surface area (Å²) in [6.45, 7) is 2.87. The van der Waals surface area contributed by atoms with E-state index in [2.05, 4.69) is 4.90 Å². The van der Waals surface area contributed by atoms with Gasteiger partial charge >= 0.3 is 0 Å². The molecule has 0 unspecified atom stereocenters. The second kappa shape index (κ2) is 7.59. The van der Waals surface area contributed by atoms with Crippen LogP contribution in [0.5, 0.6) is 0 Å². The number of benzene rings is 1. The Morgan fingerprint density at radius 3 is 2.76 bits per heavy atom. The molecular weight excluding hydrogens is 352 g/mol. The number of para-hydroxylation sites is 1. The number of hydrogen-bond donors (Lipinski definition) is 0. The van der Waals surface area contributed by atoms with Gasteiger partial charge in [0.25, 0.3) is 0 Å². The summed E-state index contributed by atoms with van der Waals surface area (Å²) < 4.78 is 10.2. The zero-order chi connectivity index (χ0) is 17.1. The molecule has 1 saturated heterocycles. The summed E-state index contributed by atoms with van der Waals surface area (Å²) in [7, 11) is 0. The molecule has 3 aromatic rings. The van der Waals surface area contributed by atoms with Gasteiger partial charge in [0.15, 0.2) is 5.76 Å². The first-order valence-corrected chi connectivity index (χ1v) is 9.98. The first-order chi connectivity index (χ1) is 12.3. The average Bonchev–Trinajstić information content (AvgIpc) is 3.19. The highest BCUT2D eigenvalue weighted by Crippen LogP contribution is 2.23. The van der Waals surface area contributed by atoms with E-state index in [9.17, 15) is 0 Å². The van der Waals surface area contributed by atoms with Gasteiger partial charge < -0.3 is 4.42 Å². The molecular formula is C18H20N4OS2. The van der Waals surface area contributed by atoms with Crippen LogP contribution in [0.25, 0.3) is 17.3 Å². The normalized spacial score (nSPS) is 16.0. The SMILES string of the molecule is S=c1n(CN2CCCSCC2)nc(-c2ccco2)n1-c1ccccc1. The molecule has 0 saturated carbocycles. The van der Waals surface area contributed by atoms with Crippen LogP contribution in [0, 0.1) is 4.77 Å². The maximum Gasteiger partial charge on any atom is 0.204 e. The van der Waals surface area contributed by atoms with Gasteiger partial charge in [-0.25, -0.2) is 4.68 Å². The third-order valence-electron chi connectivity index (χ3n) is 4.24. The zero-order valence-corrected chi connectivity index (χ0v) is 15.5. The van der Waals surface area contributed by atoms with Gasteiger partial charge in [0.1, 0.15) is 0 Å². The van der Waals surface area contributed by atoms with Gasteiger partial charge in [0, 0.05) is 18.8 Å². The van der Waals surface area contributed by atoms with Crippen molar-refractivity contribution in [3.8, 4) is 17.3 Å². The van der Waals surface area contributed by atoms with E-state index in [0.717, 1.165) is 36.1 Å². The summed E-state index contributed by atoms with van der Waals surface area (Å²) in [5.41, 5.74) is 0.997. The molecule has 5 nitrogen and oxygen atoms in total. The van der Waals surface area contributed by atoms with Crippen molar-refractivity contribution in [1.29, 1.82) is 0 Å². The van der Waals surface area contributed by atoms with Crippen molar-refractivity contribution in [2.75, 3.05) is 24.6 Å². The molecule has 2 aromatic heterocycles. The van der Waals surface area contributed by atoms with Crippen LogP contribution in [0.3, 0.4) is 0 Å². The van der Waals surface area contributed by atoms with Crippen LogP contribution in [-0.4, -0.2) is 43.8 Å². The van der Waals surface area contributed by atoms with E-state index in [-0.39, 0.29) is 0 Å². The maximum absolute atomic E-state index is 5.76. The smallest absolute Gasteiger partial charge is 0.204 e. The van der Waals surface area contributed by atoms with E-state index in [0.29, 0.717) is 11.4 Å². The molecule has 1 aromatic carbocycles. The number of hydrogen-bond acceptors (Lipinski definition) is 5. The van der Waals surface area contributed by atoms with Crippen LogP contribution in [0.15, 0.2) is 53.1 Å². The van der Waals surface area contributed by atoms with Crippen LogP contribution < -0.4 is 0 Å². The third-order valence-corrected chi connectivity index (χ3v) is 5.69. The lowest BCUT2D eigenvalue weighted by molar-refractivity contribution is 0.221. The summed E-state index contributed by atoms with van der Waals surface area (Å²) in [5.74, 6) is 3.86. The standard InChI is InChI=1S/C18H20N4OS2/c24-18-21(14-20-9-5-12-25-13-10-20)19-17(16-8-4-11-23-16)22(18)15-6-2-1-3-7-15/h1-4,6-8,11H,5,9-10,12-14H2. The van der Waals surface area contributed by atoms with Gasteiger partial charge in [-0.15, -0.1) is 5.10 Å². The summed E-state index contributed by atoms with van der Waals surface area (Å²) in [6.07, 6.45) is 2.88. The van der Waals surface area contributed by atoms with Crippen molar-refractivity contribution in [2.24, 2.45) is 0 Å². The summed E-state index contributed by atoms with van der Waals surface area (Å²) in [6, 6.07) is 13.9. The Bertz CT molecular complexity index is 862. The molecule has 130 valence electrons. The van der Waals surface area contributed by atoms with Gasteiger partial charge in [0.2, 0.25) is 10.6 Å². The van der Waals surface area contributed by atoms with Gasteiger partial charge in [-0.1, -0.05) is 18.2 Å². The molecule has 25 heavy (non-hydrogen) atoms. The lowest BCUT2D eigenvalue weighted by atomic mass is 10.3. The van der Waals surface area contributed by atoms with Crippen molar-refractivity contribution >= 4 is 24.0 Å². The Morgan fingerprint density at radius 1 is 1.08 bits per heavy atom. The number of nitrogens with zero attached hydrogens (tertiary/aromatic N) is 4. The highest BCUT2D eigenvalue weighted by Gasteiger charge is 2.18. The van der Waals surface area contributed by atoms with Gasteiger partial charge in [-0.3, -0.25) is 9.47 Å². The minimum Gasteiger partial charge on any atom is -0.461 e. The Labute approximate surface area is 156 Å². The van der Waals surface area contributed by atoms with Crippen LogP contribution in [0.1, 0.15) is 6.42 Å². The molecule has 0 atom stereocenters. The second-order valence-corrected chi connectivity index (χ2v) is 7.57. The van der Waals surface area contributed by atoms with Crippen molar-refractivity contribution in [2.45, 2.75) is 13.1 Å². The summed E-state index contributed by atoms with van der Waals surface area (Å²) in [4.78, 5) is 2.42. The molecule has 0 aliphatic carbocycles. The zero-order valence-electron chi connectivity index (χ0n) is 13.9. The minimum atomic E-state index is 0.689. The largest absolute Gasteiger partial charge is 0.461 e. The van der Waals surface area contributed by atoms with Crippen molar-refractivity contribution in [1.82, 2.24) is 19.2 Å². The monoisotopic (exact) mass is 372 g/mol. The van der Waals surface area contributed by atoms with E-state index in [1.54, 1.807) is 6.26 Å². The quantitative estimate of drug-likeness (QED) is 0.646. The van der Waals surface area contributed by atoms with Crippen molar-refractivity contribution < 1.29 is 4.42 Å². The molecule has 0 spiro atoms. The van der Waals surface area contributed by atoms with Gasteiger partial charge in [-0.2, -0.15) is 11.8 Å². The van der Waals surface area contributed by atoms with Gasteiger partial charge in [0.05, 0.1) is 18.6 Å². The molecule has 1 aliphatic heterocycles. The minimum absolute atomic E-state index is 0.689. The molecule has 7 heteroatoms. The third kappa shape index (κ3) is 3.58. The highest BCUT2D eigenvalue weighted by atomic mass is 32.2. The van der Waals surface area contributed by atoms with E-state index >= 15 is 0 Å². The van der Waals surface area contributed by atoms with Crippen LogP contribution in [0.2, 0.25) is 0 Å². The molecule has 0 N–H and O–H groups in total. The molecule has 4 rings (SSSR count). The predicted molar refractivity (Wildman–Crippen MR) is 104 cm³/mol. The Hall–Kier alpha value is -1.83. The van der Waals surface area contributed by atoms with E-state index in [1.165, 1.54) is 12.2 Å². The molecule has 1 aliphatic rings. The maximum atomic E-state index is 5.76. The fourth-order valence-corrected chi connectivity index (χ4v) is 4.22. The number of aromatic nitrogens is 3. The first-order valence-electron chi connectivity index (χ1n) is 8.42. The lowest BCUT2D eigenvalue weighted by Gasteiger charge is -2.18. The van der Waals surface area contributed by atoms with Crippen LogP contribution in [0.4, 0.5) is 0 Å². The van der Waals surface area contributed by atoms with Crippen LogP contribution in [-0.2, 0) is 6.67 Å². The fourth-order valence-electron chi connectivity index (χ4n) is 3.00. The predicted octanol–water partition coefficient (Wildman–Crippen LogP) is 4.06. The lowest BCUT2D eigenvalue weighted by Crippen LogP contribution is -2.29. The Balaban J connectivity index is 1.75. The highest BCUT2D eigenvalue weighted by molar-refractivity contribution is 7.99. The number of furan rings is 1. The molecule has 0 bridgehead atoms. The van der Waals surface area contributed by atoms with E-state index in [1.807, 2.05) is 63.5 Å². The van der Waals surface area contributed by atoms with Crippen molar-refractivity contribution in [3.05, 3.63) is 53.5 Å². The topological polar surface area (TPSA) is 39.1 Å². The molecule has 1 fully saturated rings. The molecule has 0 amide bonds. The average molecular weight is 373 g/mol. The Morgan fingerprint density at radius 2 is 1.96 bits per heavy atom. The summed E-state index contributed by atoms with van der Waals surface area (Å²) in [5, 5.41) is 4.79. The van der Waals surface area contributed by atoms with E-state index in [4.69, 9.17) is 21.7 Å². The molecule has 0 radical (unpaired) electrons.